The van der Waals surface area contributed by atoms with Crippen molar-refractivity contribution in [1.82, 2.24) is 0 Å². The van der Waals surface area contributed by atoms with Gasteiger partial charge in [0.2, 0.25) is 0 Å². The maximum Gasteiger partial charge on any atom is 0.178 e. The lowest BCUT2D eigenvalue weighted by Gasteiger charge is -2.07. The van der Waals surface area contributed by atoms with E-state index in [4.69, 9.17) is 10.6 Å². The summed E-state index contributed by atoms with van der Waals surface area (Å²) in [4.78, 5) is 2.72. The van der Waals surface area contributed by atoms with Crippen molar-refractivity contribution in [3.8, 4) is 0 Å². The number of sulfone groups is 1. The van der Waals surface area contributed by atoms with E-state index in [0.29, 0.717) is 12.8 Å². The minimum atomic E-state index is -3.44. The SMILES string of the molecule is CC(O)CCCCCS(=O)(=O)c1ccccc1N=[N+]=[N-]. The van der Waals surface area contributed by atoms with Gasteiger partial charge in [0, 0.05) is 4.91 Å². The molecule has 0 bridgehead atoms. The molecule has 1 unspecified atom stereocenters. The fourth-order valence-corrected chi connectivity index (χ4v) is 3.39. The molecule has 7 heteroatoms. The number of aliphatic hydroxyl groups is 1. The predicted octanol–water partition coefficient (Wildman–Crippen LogP) is 3.34. The maximum atomic E-state index is 12.2. The molecule has 0 radical (unpaired) electrons. The molecular formula is C13H19N3O3S. The van der Waals surface area contributed by atoms with Crippen molar-refractivity contribution in [3.05, 3.63) is 34.7 Å². The second-order valence-corrected chi connectivity index (χ2v) is 6.75. The summed E-state index contributed by atoms with van der Waals surface area (Å²) in [5.74, 6) is 0.0186. The first-order chi connectivity index (χ1) is 9.47. The number of unbranched alkanes of at least 4 members (excludes halogenated alkanes) is 2. The van der Waals surface area contributed by atoms with Gasteiger partial charge < -0.3 is 5.11 Å². The van der Waals surface area contributed by atoms with Crippen LogP contribution in [-0.2, 0) is 9.84 Å². The summed E-state index contributed by atoms with van der Waals surface area (Å²) in [5.41, 5.74) is 8.59. The number of hydrogen-bond donors (Lipinski definition) is 1. The summed E-state index contributed by atoms with van der Waals surface area (Å²) in [6.07, 6.45) is 2.39. The van der Waals surface area contributed by atoms with Gasteiger partial charge in [0.25, 0.3) is 0 Å². The first-order valence-corrected chi connectivity index (χ1v) is 8.17. The fraction of sp³-hybridized carbons (Fsp3) is 0.538. The van der Waals surface area contributed by atoms with Gasteiger partial charge >= 0.3 is 0 Å². The van der Waals surface area contributed by atoms with E-state index in [1.54, 1.807) is 19.1 Å². The molecule has 0 aliphatic carbocycles. The Morgan fingerprint density at radius 2 is 2.00 bits per heavy atom. The average Bonchev–Trinajstić information content (AvgIpc) is 2.38. The smallest absolute Gasteiger partial charge is 0.178 e. The van der Waals surface area contributed by atoms with Gasteiger partial charge in [-0.15, -0.1) is 0 Å². The minimum Gasteiger partial charge on any atom is -0.393 e. The Labute approximate surface area is 119 Å². The first-order valence-electron chi connectivity index (χ1n) is 6.52. The number of benzene rings is 1. The van der Waals surface area contributed by atoms with Gasteiger partial charge in [-0.1, -0.05) is 36.2 Å². The fourth-order valence-electron chi connectivity index (χ4n) is 1.87. The molecule has 1 aromatic carbocycles. The zero-order valence-electron chi connectivity index (χ0n) is 11.4. The van der Waals surface area contributed by atoms with Crippen LogP contribution in [0.2, 0.25) is 0 Å². The van der Waals surface area contributed by atoms with Crippen LogP contribution >= 0.6 is 0 Å². The molecule has 20 heavy (non-hydrogen) atoms. The van der Waals surface area contributed by atoms with Crippen molar-refractivity contribution in [1.29, 1.82) is 0 Å². The van der Waals surface area contributed by atoms with E-state index in [1.165, 1.54) is 12.1 Å². The number of hydrogen-bond acceptors (Lipinski definition) is 4. The van der Waals surface area contributed by atoms with Crippen LogP contribution in [0.1, 0.15) is 32.6 Å². The van der Waals surface area contributed by atoms with E-state index in [9.17, 15) is 8.42 Å². The molecule has 0 aliphatic heterocycles. The van der Waals surface area contributed by atoms with E-state index in [0.717, 1.165) is 12.8 Å². The van der Waals surface area contributed by atoms with Crippen molar-refractivity contribution in [2.75, 3.05) is 5.75 Å². The van der Waals surface area contributed by atoms with E-state index in [1.807, 2.05) is 0 Å². The molecule has 0 fully saturated rings. The third-order valence-corrected chi connectivity index (χ3v) is 4.73. The molecule has 0 saturated heterocycles. The topological polar surface area (TPSA) is 103 Å². The Balaban J connectivity index is 2.67. The molecule has 1 rings (SSSR count). The zero-order chi connectivity index (χ0) is 15.0. The number of aliphatic hydroxyl groups excluding tert-OH is 1. The van der Waals surface area contributed by atoms with Crippen molar-refractivity contribution in [3.63, 3.8) is 0 Å². The monoisotopic (exact) mass is 297 g/mol. The van der Waals surface area contributed by atoms with Crippen LogP contribution in [0.4, 0.5) is 5.69 Å². The van der Waals surface area contributed by atoms with Gasteiger partial charge in [-0.25, -0.2) is 8.42 Å². The summed E-state index contributed by atoms with van der Waals surface area (Å²) in [6, 6.07) is 6.18. The van der Waals surface area contributed by atoms with Crippen LogP contribution in [0, 0.1) is 0 Å². The highest BCUT2D eigenvalue weighted by Crippen LogP contribution is 2.25. The summed E-state index contributed by atoms with van der Waals surface area (Å²) in [7, 11) is -3.44. The largest absolute Gasteiger partial charge is 0.393 e. The Kier molecular flexibility index (Phi) is 6.51. The number of azide groups is 1. The summed E-state index contributed by atoms with van der Waals surface area (Å²) >= 11 is 0. The molecule has 1 atom stereocenters. The number of rotatable bonds is 8. The third kappa shape index (κ3) is 5.21. The van der Waals surface area contributed by atoms with Crippen LogP contribution in [0.3, 0.4) is 0 Å². The van der Waals surface area contributed by atoms with Gasteiger partial charge in [-0.3, -0.25) is 0 Å². The van der Waals surface area contributed by atoms with Crippen molar-refractivity contribution in [2.45, 2.75) is 43.6 Å². The average molecular weight is 297 g/mol. The molecule has 0 spiro atoms. The lowest BCUT2D eigenvalue weighted by atomic mass is 10.1. The van der Waals surface area contributed by atoms with Gasteiger partial charge in [-0.05, 0) is 31.4 Å². The molecule has 1 N–H and O–H groups in total. The predicted molar refractivity (Wildman–Crippen MR) is 77.4 cm³/mol. The normalized spacial score (nSPS) is 12.7. The lowest BCUT2D eigenvalue weighted by molar-refractivity contribution is 0.180. The van der Waals surface area contributed by atoms with Crippen LogP contribution in [0.15, 0.2) is 34.3 Å². The van der Waals surface area contributed by atoms with Crippen molar-refractivity contribution < 1.29 is 13.5 Å². The quantitative estimate of drug-likeness (QED) is 0.344. The third-order valence-electron chi connectivity index (χ3n) is 2.89. The van der Waals surface area contributed by atoms with Crippen molar-refractivity contribution >= 4 is 15.5 Å². The van der Waals surface area contributed by atoms with Crippen LogP contribution in [0.5, 0.6) is 0 Å². The highest BCUT2D eigenvalue weighted by Gasteiger charge is 2.17. The standard InChI is InChI=1S/C13H19N3O3S/c1-11(17)7-3-2-6-10-20(18,19)13-9-5-4-8-12(13)15-16-14/h4-5,8-9,11,17H,2-3,6-7,10H2,1H3. The van der Waals surface area contributed by atoms with E-state index >= 15 is 0 Å². The molecule has 6 nitrogen and oxygen atoms in total. The second-order valence-electron chi connectivity index (χ2n) is 4.67. The Hall–Kier alpha value is -1.56. The zero-order valence-corrected chi connectivity index (χ0v) is 12.3. The molecule has 110 valence electrons. The van der Waals surface area contributed by atoms with Gasteiger partial charge in [0.1, 0.15) is 0 Å². The van der Waals surface area contributed by atoms with Gasteiger partial charge in [0.05, 0.1) is 22.4 Å². The Morgan fingerprint density at radius 3 is 2.65 bits per heavy atom. The lowest BCUT2D eigenvalue weighted by Crippen LogP contribution is -2.07. The number of nitrogens with zero attached hydrogens (tertiary/aromatic N) is 3. The van der Waals surface area contributed by atoms with Gasteiger partial charge in [-0.2, -0.15) is 0 Å². The molecule has 1 aromatic rings. The molecule has 0 aliphatic rings. The Morgan fingerprint density at radius 1 is 1.30 bits per heavy atom. The summed E-state index contributed by atoms with van der Waals surface area (Å²) in [5, 5.41) is 12.5. The van der Waals surface area contributed by atoms with Crippen LogP contribution in [0.25, 0.3) is 10.4 Å². The molecule has 0 aromatic heterocycles. The summed E-state index contributed by atoms with van der Waals surface area (Å²) < 4.78 is 24.4. The minimum absolute atomic E-state index is 0.0186. The summed E-state index contributed by atoms with van der Waals surface area (Å²) in [6.45, 7) is 1.72. The van der Waals surface area contributed by atoms with Crippen molar-refractivity contribution in [2.24, 2.45) is 5.11 Å². The molecule has 0 amide bonds. The second kappa shape index (κ2) is 7.89. The molecule has 0 saturated carbocycles. The molecule has 0 heterocycles. The first kappa shape index (κ1) is 16.5. The Bertz CT molecular complexity index is 578. The van der Waals surface area contributed by atoms with E-state index in [-0.39, 0.29) is 22.4 Å². The van der Waals surface area contributed by atoms with E-state index in [2.05, 4.69) is 10.0 Å². The van der Waals surface area contributed by atoms with Crippen LogP contribution < -0.4 is 0 Å². The van der Waals surface area contributed by atoms with E-state index < -0.39 is 9.84 Å². The van der Waals surface area contributed by atoms with Gasteiger partial charge in [0.15, 0.2) is 9.84 Å². The maximum absolute atomic E-state index is 12.2. The molecular weight excluding hydrogens is 278 g/mol. The highest BCUT2D eigenvalue weighted by molar-refractivity contribution is 7.91. The highest BCUT2D eigenvalue weighted by atomic mass is 32.2. The van der Waals surface area contributed by atoms with Crippen LogP contribution in [-0.4, -0.2) is 25.4 Å².